The van der Waals surface area contributed by atoms with E-state index >= 15 is 0 Å². The maximum Gasteiger partial charge on any atom is 0.419 e. The largest absolute Gasteiger partial charge is 0.419 e. The highest BCUT2D eigenvalue weighted by atomic mass is 32.2. The third kappa shape index (κ3) is 2.50. The van der Waals surface area contributed by atoms with Gasteiger partial charge in [-0.3, -0.25) is 9.29 Å². The van der Waals surface area contributed by atoms with Crippen LogP contribution in [0.2, 0.25) is 0 Å². The average molecular weight is 318 g/mol. The normalized spacial score (nSPS) is 11.7. The molecule has 1 aromatic heterocycles. The molecule has 0 aliphatic rings. The number of nitrogens with one attached hydrogen (secondary N) is 1. The molecule has 0 radical (unpaired) electrons. The van der Waals surface area contributed by atoms with Crippen molar-refractivity contribution >= 4 is 26.8 Å². The molecule has 3 aromatic rings. The summed E-state index contributed by atoms with van der Waals surface area (Å²) in [7, 11) is -2.09. The third-order valence-corrected chi connectivity index (χ3v) is 4.77. The zero-order valence-corrected chi connectivity index (χ0v) is 12.8. The molecule has 2 aromatic carbocycles. The number of aromatic nitrogens is 1. The number of benzene rings is 2. The van der Waals surface area contributed by atoms with Gasteiger partial charge in [-0.2, -0.15) is 0 Å². The predicted molar refractivity (Wildman–Crippen MR) is 83.4 cm³/mol. The van der Waals surface area contributed by atoms with Crippen molar-refractivity contribution in [3.05, 3.63) is 58.6 Å². The quantitative estimate of drug-likeness (QED) is 0.803. The van der Waals surface area contributed by atoms with Crippen molar-refractivity contribution in [2.45, 2.75) is 11.8 Å². The summed E-state index contributed by atoms with van der Waals surface area (Å²) in [5.74, 6) is -0.492. The smallest absolute Gasteiger partial charge is 0.408 e. The lowest BCUT2D eigenvalue weighted by Gasteiger charge is -2.08. The Labute approximate surface area is 127 Å². The van der Waals surface area contributed by atoms with Crippen LogP contribution in [0.25, 0.3) is 11.1 Å². The lowest BCUT2D eigenvalue weighted by molar-refractivity contribution is 0.528. The number of fused-ring (bicyclic) bond motifs is 1. The van der Waals surface area contributed by atoms with Crippen LogP contribution in [-0.2, 0) is 17.1 Å². The van der Waals surface area contributed by atoms with Gasteiger partial charge in [-0.05, 0) is 31.2 Å². The second-order valence-electron chi connectivity index (χ2n) is 5.03. The van der Waals surface area contributed by atoms with Gasteiger partial charge in [0.2, 0.25) is 0 Å². The van der Waals surface area contributed by atoms with Crippen LogP contribution >= 0.6 is 0 Å². The molecule has 1 N–H and O–H groups in total. The van der Waals surface area contributed by atoms with Gasteiger partial charge in [0, 0.05) is 13.1 Å². The molecule has 6 nitrogen and oxygen atoms in total. The number of hydrogen-bond acceptors (Lipinski definition) is 4. The molecule has 0 fully saturated rings. The Morgan fingerprint density at radius 1 is 1.09 bits per heavy atom. The first-order valence-electron chi connectivity index (χ1n) is 6.56. The Bertz CT molecular complexity index is 998. The summed E-state index contributed by atoms with van der Waals surface area (Å²) in [6, 6.07) is 11.2. The highest BCUT2D eigenvalue weighted by molar-refractivity contribution is 7.92. The Morgan fingerprint density at radius 2 is 1.77 bits per heavy atom. The summed E-state index contributed by atoms with van der Waals surface area (Å²) in [6.07, 6.45) is 0. The fraction of sp³-hybridized carbons (Fsp3) is 0.133. The summed E-state index contributed by atoms with van der Waals surface area (Å²) in [5, 5.41) is 0. The van der Waals surface area contributed by atoms with Crippen molar-refractivity contribution in [1.82, 2.24) is 4.57 Å². The first-order valence-corrected chi connectivity index (χ1v) is 8.04. The number of aryl methyl sites for hydroxylation is 2. The Kier molecular flexibility index (Phi) is 3.29. The maximum atomic E-state index is 12.3. The Balaban J connectivity index is 1.98. The van der Waals surface area contributed by atoms with E-state index in [0.717, 1.165) is 5.56 Å². The second-order valence-corrected chi connectivity index (χ2v) is 6.71. The lowest BCUT2D eigenvalue weighted by atomic mass is 10.2. The molecule has 0 unspecified atom stereocenters. The molecule has 0 amide bonds. The van der Waals surface area contributed by atoms with E-state index < -0.39 is 15.8 Å². The van der Waals surface area contributed by atoms with Crippen LogP contribution in [0.15, 0.2) is 56.6 Å². The molecule has 0 saturated heterocycles. The molecule has 0 aliphatic heterocycles. The van der Waals surface area contributed by atoms with Crippen LogP contribution in [0.3, 0.4) is 0 Å². The first kappa shape index (κ1) is 14.4. The van der Waals surface area contributed by atoms with Gasteiger partial charge in [0.05, 0.1) is 16.1 Å². The summed E-state index contributed by atoms with van der Waals surface area (Å²) in [4.78, 5) is 11.6. The fourth-order valence-electron chi connectivity index (χ4n) is 2.13. The molecule has 114 valence electrons. The third-order valence-electron chi connectivity index (χ3n) is 3.38. The summed E-state index contributed by atoms with van der Waals surface area (Å²) in [6.45, 7) is 1.88. The van der Waals surface area contributed by atoms with Gasteiger partial charge in [-0.15, -0.1) is 0 Å². The number of hydrogen-bond donors (Lipinski definition) is 1. The van der Waals surface area contributed by atoms with Crippen molar-refractivity contribution in [1.29, 1.82) is 0 Å². The zero-order chi connectivity index (χ0) is 15.9. The molecule has 1 heterocycles. The predicted octanol–water partition coefficient (Wildman–Crippen LogP) is 2.24. The molecule has 0 saturated carbocycles. The van der Waals surface area contributed by atoms with E-state index in [4.69, 9.17) is 4.42 Å². The SMILES string of the molecule is Cc1ccc(S(=O)(=O)Nc2ccc3c(c2)oc(=O)n3C)cc1. The highest BCUT2D eigenvalue weighted by Gasteiger charge is 2.15. The van der Waals surface area contributed by atoms with E-state index in [1.807, 2.05) is 6.92 Å². The van der Waals surface area contributed by atoms with E-state index in [2.05, 4.69) is 4.72 Å². The van der Waals surface area contributed by atoms with Crippen LogP contribution in [0.4, 0.5) is 5.69 Å². The van der Waals surface area contributed by atoms with Crippen molar-refractivity contribution in [2.75, 3.05) is 4.72 Å². The lowest BCUT2D eigenvalue weighted by Crippen LogP contribution is -2.12. The summed E-state index contributed by atoms with van der Waals surface area (Å²) >= 11 is 0. The van der Waals surface area contributed by atoms with Crippen molar-refractivity contribution < 1.29 is 12.8 Å². The zero-order valence-electron chi connectivity index (χ0n) is 12.0. The molecule has 0 bridgehead atoms. The fourth-order valence-corrected chi connectivity index (χ4v) is 3.18. The van der Waals surface area contributed by atoms with Crippen LogP contribution in [0.1, 0.15) is 5.56 Å². The summed E-state index contributed by atoms with van der Waals surface area (Å²) in [5.41, 5.74) is 2.24. The Morgan fingerprint density at radius 3 is 2.45 bits per heavy atom. The van der Waals surface area contributed by atoms with Crippen molar-refractivity contribution in [3.8, 4) is 0 Å². The number of oxazole rings is 1. The second kappa shape index (κ2) is 5.03. The van der Waals surface area contributed by atoms with Crippen LogP contribution < -0.4 is 10.5 Å². The van der Waals surface area contributed by atoms with Gasteiger partial charge in [-0.25, -0.2) is 13.2 Å². The number of nitrogens with zero attached hydrogens (tertiary/aromatic N) is 1. The van der Waals surface area contributed by atoms with Gasteiger partial charge < -0.3 is 4.42 Å². The minimum atomic E-state index is -3.68. The van der Waals surface area contributed by atoms with Gasteiger partial charge in [0.1, 0.15) is 0 Å². The molecule has 0 aliphatic carbocycles. The minimum absolute atomic E-state index is 0.174. The van der Waals surface area contributed by atoms with Gasteiger partial charge >= 0.3 is 5.76 Å². The minimum Gasteiger partial charge on any atom is -0.408 e. The van der Waals surface area contributed by atoms with Crippen LogP contribution in [-0.4, -0.2) is 13.0 Å². The highest BCUT2D eigenvalue weighted by Crippen LogP contribution is 2.21. The van der Waals surface area contributed by atoms with E-state index in [1.165, 1.54) is 10.6 Å². The molecular formula is C15H14N2O4S. The molecular weight excluding hydrogens is 304 g/mol. The molecule has 0 spiro atoms. The molecule has 0 atom stereocenters. The summed E-state index contributed by atoms with van der Waals surface area (Å²) < 4.78 is 33.5. The van der Waals surface area contributed by atoms with Crippen molar-refractivity contribution in [2.24, 2.45) is 7.05 Å². The topological polar surface area (TPSA) is 81.3 Å². The van der Waals surface area contributed by atoms with Crippen LogP contribution in [0.5, 0.6) is 0 Å². The number of sulfonamides is 1. The molecule has 22 heavy (non-hydrogen) atoms. The van der Waals surface area contributed by atoms with E-state index in [0.29, 0.717) is 16.8 Å². The van der Waals surface area contributed by atoms with E-state index in [9.17, 15) is 13.2 Å². The molecule has 3 rings (SSSR count). The van der Waals surface area contributed by atoms with Gasteiger partial charge in [-0.1, -0.05) is 17.7 Å². The molecule has 7 heteroatoms. The number of rotatable bonds is 3. The van der Waals surface area contributed by atoms with Crippen LogP contribution in [0, 0.1) is 6.92 Å². The van der Waals surface area contributed by atoms with E-state index in [-0.39, 0.29) is 4.90 Å². The monoisotopic (exact) mass is 318 g/mol. The van der Waals surface area contributed by atoms with Crippen molar-refractivity contribution in [3.63, 3.8) is 0 Å². The van der Waals surface area contributed by atoms with Gasteiger partial charge in [0.25, 0.3) is 10.0 Å². The van der Waals surface area contributed by atoms with E-state index in [1.54, 1.807) is 43.4 Å². The van der Waals surface area contributed by atoms with Gasteiger partial charge in [0.15, 0.2) is 5.58 Å². The standard InChI is InChI=1S/C15H14N2O4S/c1-10-3-6-12(7-4-10)22(19,20)16-11-5-8-13-14(9-11)21-15(18)17(13)2/h3-9,16H,1-2H3. The first-order chi connectivity index (χ1) is 10.4. The average Bonchev–Trinajstić information content (AvgIpc) is 2.73. The Hall–Kier alpha value is -2.54. The maximum absolute atomic E-state index is 12.3. The number of anilines is 1.